The van der Waals surface area contributed by atoms with Crippen LogP contribution in [0.3, 0.4) is 0 Å². The van der Waals surface area contributed by atoms with Crippen LogP contribution in [-0.2, 0) is 4.79 Å². The zero-order valence-corrected chi connectivity index (χ0v) is 13.7. The molecule has 2 aromatic rings. The second-order valence-electron chi connectivity index (χ2n) is 5.24. The number of carbonyl (C=O) groups excluding carboxylic acids is 1. The number of aromatic nitrogens is 3. The lowest BCUT2D eigenvalue weighted by molar-refractivity contribution is -0.122. The first-order chi connectivity index (χ1) is 9.95. The number of amides is 1. The van der Waals surface area contributed by atoms with Crippen LogP contribution in [0, 0.1) is 5.41 Å². The van der Waals surface area contributed by atoms with Gasteiger partial charge in [-0.3, -0.25) is 9.78 Å². The fourth-order valence-electron chi connectivity index (χ4n) is 1.79. The first-order valence-corrected chi connectivity index (χ1v) is 8.17. The fourth-order valence-corrected chi connectivity index (χ4v) is 2.88. The van der Waals surface area contributed by atoms with Crippen LogP contribution in [-0.4, -0.2) is 32.7 Å². The molecule has 7 heteroatoms. The molecule has 0 unspecified atom stereocenters. The van der Waals surface area contributed by atoms with Crippen LogP contribution < -0.4 is 5.32 Å². The van der Waals surface area contributed by atoms with Crippen LogP contribution in [0.2, 0.25) is 5.15 Å². The number of hydrogen-bond donors (Lipinski definition) is 1. The average Bonchev–Trinajstić information content (AvgIpc) is 2.81. The van der Waals surface area contributed by atoms with E-state index in [1.807, 2.05) is 26.2 Å². The molecule has 0 radical (unpaired) electrons. The zero-order chi connectivity index (χ0) is 15.5. The smallest absolute Gasteiger partial charge is 0.230 e. The lowest BCUT2D eigenvalue weighted by Gasteiger charge is -2.21. The van der Waals surface area contributed by atoms with Crippen molar-refractivity contribution in [1.29, 1.82) is 0 Å². The first kappa shape index (κ1) is 15.9. The molecule has 0 aliphatic heterocycles. The molecule has 5 nitrogen and oxygen atoms in total. The Hall–Kier alpha value is -1.53. The molecule has 2 heterocycles. The van der Waals surface area contributed by atoms with E-state index in [0.717, 1.165) is 11.4 Å². The molecule has 0 aromatic carbocycles. The maximum atomic E-state index is 12.3. The Kier molecular flexibility index (Phi) is 4.90. The van der Waals surface area contributed by atoms with Crippen LogP contribution >= 0.6 is 23.4 Å². The molecule has 0 aliphatic carbocycles. The van der Waals surface area contributed by atoms with E-state index < -0.39 is 5.41 Å². The van der Waals surface area contributed by atoms with E-state index in [-0.39, 0.29) is 5.91 Å². The lowest BCUT2D eigenvalue weighted by atomic mass is 9.95. The Morgan fingerprint density at radius 3 is 2.86 bits per heavy atom. The number of nitrogens with zero attached hydrogens (tertiary/aromatic N) is 3. The molecule has 0 spiro atoms. The highest BCUT2D eigenvalue weighted by Crippen LogP contribution is 2.27. The number of nitrogens with one attached hydrogen (secondary N) is 1. The second-order valence-corrected chi connectivity index (χ2v) is 6.47. The SMILES string of the molecule is CSCC(C)(C)C(=O)Nc1cnn(-c2cccnc2)c1Cl. The van der Waals surface area contributed by atoms with Gasteiger partial charge in [0.25, 0.3) is 0 Å². The number of pyridine rings is 1. The van der Waals surface area contributed by atoms with E-state index >= 15 is 0 Å². The largest absolute Gasteiger partial charge is 0.322 e. The Labute approximate surface area is 133 Å². The summed E-state index contributed by atoms with van der Waals surface area (Å²) in [6.07, 6.45) is 6.85. The predicted molar refractivity (Wildman–Crippen MR) is 87.2 cm³/mol. The number of hydrogen-bond acceptors (Lipinski definition) is 4. The highest BCUT2D eigenvalue weighted by Gasteiger charge is 2.28. The van der Waals surface area contributed by atoms with Crippen LogP contribution in [0.15, 0.2) is 30.7 Å². The normalized spacial score (nSPS) is 11.4. The summed E-state index contributed by atoms with van der Waals surface area (Å²) in [5.41, 5.74) is 0.769. The van der Waals surface area contributed by atoms with E-state index in [0.29, 0.717) is 10.8 Å². The highest BCUT2D eigenvalue weighted by molar-refractivity contribution is 7.98. The quantitative estimate of drug-likeness (QED) is 0.917. The molecule has 2 aromatic heterocycles. The summed E-state index contributed by atoms with van der Waals surface area (Å²) >= 11 is 7.91. The number of anilines is 1. The van der Waals surface area contributed by atoms with Crippen molar-refractivity contribution in [3.05, 3.63) is 35.9 Å². The van der Waals surface area contributed by atoms with Crippen molar-refractivity contribution in [3.63, 3.8) is 0 Å². The Morgan fingerprint density at radius 1 is 1.48 bits per heavy atom. The monoisotopic (exact) mass is 324 g/mol. The van der Waals surface area contributed by atoms with Gasteiger partial charge in [-0.1, -0.05) is 25.4 Å². The van der Waals surface area contributed by atoms with Gasteiger partial charge in [-0.05, 0) is 18.4 Å². The van der Waals surface area contributed by atoms with Gasteiger partial charge in [0, 0.05) is 11.9 Å². The molecule has 0 saturated carbocycles. The summed E-state index contributed by atoms with van der Waals surface area (Å²) in [6.45, 7) is 3.80. The summed E-state index contributed by atoms with van der Waals surface area (Å²) in [4.78, 5) is 16.3. The van der Waals surface area contributed by atoms with Gasteiger partial charge >= 0.3 is 0 Å². The number of rotatable bonds is 5. The maximum Gasteiger partial charge on any atom is 0.230 e. The number of halogens is 1. The first-order valence-electron chi connectivity index (χ1n) is 6.40. The van der Waals surface area contributed by atoms with Gasteiger partial charge in [-0.2, -0.15) is 16.9 Å². The van der Waals surface area contributed by atoms with Gasteiger partial charge in [-0.15, -0.1) is 0 Å². The van der Waals surface area contributed by atoms with Crippen molar-refractivity contribution < 1.29 is 4.79 Å². The number of thioether (sulfide) groups is 1. The summed E-state index contributed by atoms with van der Waals surface area (Å²) < 4.78 is 1.53. The van der Waals surface area contributed by atoms with Crippen molar-refractivity contribution in [3.8, 4) is 5.69 Å². The third-order valence-electron chi connectivity index (χ3n) is 2.97. The van der Waals surface area contributed by atoms with E-state index in [1.54, 1.807) is 36.4 Å². The van der Waals surface area contributed by atoms with Gasteiger partial charge < -0.3 is 5.32 Å². The van der Waals surface area contributed by atoms with Gasteiger partial charge in [0.1, 0.15) is 0 Å². The van der Waals surface area contributed by atoms with Crippen molar-refractivity contribution >= 4 is 35.0 Å². The predicted octanol–water partition coefficient (Wildman–Crippen LogP) is 3.25. The van der Waals surface area contributed by atoms with Crippen LogP contribution in [0.5, 0.6) is 0 Å². The van der Waals surface area contributed by atoms with Crippen molar-refractivity contribution in [1.82, 2.24) is 14.8 Å². The van der Waals surface area contributed by atoms with E-state index in [2.05, 4.69) is 15.4 Å². The van der Waals surface area contributed by atoms with Gasteiger partial charge in [0.05, 0.1) is 29.2 Å². The third-order valence-corrected chi connectivity index (χ3v) is 4.34. The van der Waals surface area contributed by atoms with Crippen LogP contribution in [0.25, 0.3) is 5.69 Å². The minimum Gasteiger partial charge on any atom is -0.322 e. The van der Waals surface area contributed by atoms with E-state index in [9.17, 15) is 4.79 Å². The molecule has 0 saturated heterocycles. The Morgan fingerprint density at radius 2 is 2.24 bits per heavy atom. The second kappa shape index (κ2) is 6.49. The van der Waals surface area contributed by atoms with Crippen LogP contribution in [0.4, 0.5) is 5.69 Å². The van der Waals surface area contributed by atoms with Gasteiger partial charge in [0.2, 0.25) is 5.91 Å². The summed E-state index contributed by atoms with van der Waals surface area (Å²) in [5.74, 6) is 0.650. The third kappa shape index (κ3) is 3.57. The molecule has 0 atom stereocenters. The maximum absolute atomic E-state index is 12.3. The molecule has 1 N–H and O–H groups in total. The highest BCUT2D eigenvalue weighted by atomic mass is 35.5. The van der Waals surface area contributed by atoms with Crippen molar-refractivity contribution in [2.24, 2.45) is 5.41 Å². The number of carbonyl (C=O) groups is 1. The van der Waals surface area contributed by atoms with E-state index in [1.165, 1.54) is 4.68 Å². The Bertz CT molecular complexity index is 627. The Balaban J connectivity index is 2.20. The zero-order valence-electron chi connectivity index (χ0n) is 12.1. The average molecular weight is 325 g/mol. The molecule has 112 valence electrons. The van der Waals surface area contributed by atoms with Crippen molar-refractivity contribution in [2.45, 2.75) is 13.8 Å². The van der Waals surface area contributed by atoms with E-state index in [4.69, 9.17) is 11.6 Å². The molecule has 0 aliphatic rings. The minimum atomic E-state index is -0.473. The molecule has 0 bridgehead atoms. The summed E-state index contributed by atoms with van der Waals surface area (Å²) in [7, 11) is 0. The molecular formula is C14H17ClN4OS. The summed E-state index contributed by atoms with van der Waals surface area (Å²) in [5, 5.41) is 7.39. The molecule has 2 rings (SSSR count). The van der Waals surface area contributed by atoms with Gasteiger partial charge in [-0.25, -0.2) is 4.68 Å². The topological polar surface area (TPSA) is 59.8 Å². The molecular weight excluding hydrogens is 308 g/mol. The summed E-state index contributed by atoms with van der Waals surface area (Å²) in [6, 6.07) is 3.64. The van der Waals surface area contributed by atoms with Crippen molar-refractivity contribution in [2.75, 3.05) is 17.3 Å². The fraction of sp³-hybridized carbons (Fsp3) is 0.357. The lowest BCUT2D eigenvalue weighted by Crippen LogP contribution is -2.32. The minimum absolute atomic E-state index is 0.0792. The van der Waals surface area contributed by atoms with Crippen LogP contribution in [0.1, 0.15) is 13.8 Å². The standard InChI is InChI=1S/C14H17ClN4OS/c1-14(2,9-21-3)13(20)18-11-8-17-19(12(11)15)10-5-4-6-16-7-10/h4-8H,9H2,1-3H3,(H,18,20). The van der Waals surface area contributed by atoms with Gasteiger partial charge in [0.15, 0.2) is 5.15 Å². The molecule has 0 fully saturated rings. The molecule has 21 heavy (non-hydrogen) atoms. The molecule has 1 amide bonds.